The zero-order valence-electron chi connectivity index (χ0n) is 11.8. The van der Waals surface area contributed by atoms with Crippen LogP contribution in [0.1, 0.15) is 13.8 Å². The molecule has 21 heavy (non-hydrogen) atoms. The number of anilines is 1. The molecule has 0 bridgehead atoms. The van der Waals surface area contributed by atoms with E-state index in [0.717, 1.165) is 11.3 Å². The van der Waals surface area contributed by atoms with Crippen molar-refractivity contribution in [2.24, 2.45) is 11.8 Å². The van der Waals surface area contributed by atoms with E-state index in [9.17, 15) is 9.59 Å². The second-order valence-electron chi connectivity index (χ2n) is 4.95. The Morgan fingerprint density at radius 1 is 1.19 bits per heavy atom. The Morgan fingerprint density at radius 3 is 2.38 bits per heavy atom. The maximum Gasteiger partial charge on any atom is 0.307 e. The second-order valence-corrected chi connectivity index (χ2v) is 4.95. The van der Waals surface area contributed by atoms with Gasteiger partial charge in [0.25, 0.3) is 0 Å². The van der Waals surface area contributed by atoms with E-state index in [1.54, 1.807) is 31.6 Å². The first-order valence-corrected chi connectivity index (χ1v) is 6.61. The molecule has 0 aliphatic heterocycles. The van der Waals surface area contributed by atoms with Gasteiger partial charge in [-0.3, -0.25) is 9.59 Å². The van der Waals surface area contributed by atoms with Crippen molar-refractivity contribution in [1.29, 1.82) is 0 Å². The van der Waals surface area contributed by atoms with Crippen LogP contribution in [-0.2, 0) is 9.59 Å². The number of amides is 1. The van der Waals surface area contributed by atoms with Crippen molar-refractivity contribution < 1.29 is 14.7 Å². The molecule has 0 saturated carbocycles. The number of aromatic nitrogens is 2. The normalized spacial score (nSPS) is 13.4. The molecule has 2 atom stereocenters. The van der Waals surface area contributed by atoms with Crippen molar-refractivity contribution in [2.75, 3.05) is 5.32 Å². The van der Waals surface area contributed by atoms with E-state index in [0.29, 0.717) is 5.69 Å². The van der Waals surface area contributed by atoms with Gasteiger partial charge >= 0.3 is 5.97 Å². The topological polar surface area (TPSA) is 95.1 Å². The van der Waals surface area contributed by atoms with Crippen LogP contribution >= 0.6 is 0 Å². The maximum atomic E-state index is 12.0. The van der Waals surface area contributed by atoms with Crippen molar-refractivity contribution in [3.05, 3.63) is 36.8 Å². The molecule has 0 fully saturated rings. The summed E-state index contributed by atoms with van der Waals surface area (Å²) in [6, 6.07) is 7.25. The lowest BCUT2D eigenvalue weighted by Gasteiger charge is -2.15. The molecule has 0 radical (unpaired) electrons. The summed E-state index contributed by atoms with van der Waals surface area (Å²) in [7, 11) is 0. The molecule has 6 heteroatoms. The largest absolute Gasteiger partial charge is 0.481 e. The van der Waals surface area contributed by atoms with Gasteiger partial charge in [-0.05, 0) is 17.7 Å². The van der Waals surface area contributed by atoms with Gasteiger partial charge < -0.3 is 15.4 Å². The highest BCUT2D eigenvalue weighted by Gasteiger charge is 2.25. The highest BCUT2D eigenvalue weighted by Crippen LogP contribution is 2.20. The lowest BCUT2D eigenvalue weighted by atomic mass is 9.95. The molecule has 1 aromatic carbocycles. The number of hydrogen-bond acceptors (Lipinski definition) is 3. The highest BCUT2D eigenvalue weighted by molar-refractivity contribution is 5.94. The lowest BCUT2D eigenvalue weighted by Crippen LogP contribution is -2.29. The number of rotatable bonds is 5. The van der Waals surface area contributed by atoms with Crippen LogP contribution in [0.5, 0.6) is 0 Å². The Labute approximate surface area is 122 Å². The van der Waals surface area contributed by atoms with E-state index in [2.05, 4.69) is 15.3 Å². The third-order valence-electron chi connectivity index (χ3n) is 3.51. The van der Waals surface area contributed by atoms with E-state index >= 15 is 0 Å². The van der Waals surface area contributed by atoms with Gasteiger partial charge in [0.15, 0.2) is 0 Å². The van der Waals surface area contributed by atoms with E-state index in [1.165, 1.54) is 6.92 Å². The molecule has 1 aromatic heterocycles. The Hall–Kier alpha value is -2.63. The van der Waals surface area contributed by atoms with Gasteiger partial charge in [0.1, 0.15) is 0 Å². The zero-order chi connectivity index (χ0) is 15.4. The van der Waals surface area contributed by atoms with Gasteiger partial charge in [-0.25, -0.2) is 4.98 Å². The first-order valence-electron chi connectivity index (χ1n) is 6.61. The number of hydrogen-bond donors (Lipinski definition) is 3. The minimum Gasteiger partial charge on any atom is -0.481 e. The summed E-state index contributed by atoms with van der Waals surface area (Å²) in [4.78, 5) is 29.8. The number of aliphatic carboxylic acids is 1. The molecule has 1 heterocycles. The fourth-order valence-corrected chi connectivity index (χ4v) is 1.84. The van der Waals surface area contributed by atoms with Crippen molar-refractivity contribution in [3.8, 4) is 11.3 Å². The summed E-state index contributed by atoms with van der Waals surface area (Å²) in [5.41, 5.74) is 2.48. The van der Waals surface area contributed by atoms with Crippen molar-refractivity contribution in [3.63, 3.8) is 0 Å². The predicted octanol–water partition coefficient (Wildman–Crippen LogP) is 2.37. The standard InChI is InChI=1S/C15H17N3O3/c1-9(10(2)15(20)21)14(19)18-12-5-3-11(4-6-12)13-7-16-8-17-13/h3-10H,1-2H3,(H,16,17)(H,18,19)(H,20,21). The van der Waals surface area contributed by atoms with Gasteiger partial charge in [-0.15, -0.1) is 0 Å². The number of nitrogens with zero attached hydrogens (tertiary/aromatic N) is 1. The highest BCUT2D eigenvalue weighted by atomic mass is 16.4. The molecule has 2 rings (SSSR count). The number of aromatic amines is 1. The number of carbonyl (C=O) groups excluding carboxylic acids is 1. The van der Waals surface area contributed by atoms with Crippen LogP contribution in [0.2, 0.25) is 0 Å². The second kappa shape index (κ2) is 6.21. The summed E-state index contributed by atoms with van der Waals surface area (Å²) >= 11 is 0. The molecule has 2 aromatic rings. The molecule has 0 saturated heterocycles. The fourth-order valence-electron chi connectivity index (χ4n) is 1.84. The maximum absolute atomic E-state index is 12.0. The van der Waals surface area contributed by atoms with Crippen LogP contribution in [-0.4, -0.2) is 27.0 Å². The molecule has 3 N–H and O–H groups in total. The van der Waals surface area contributed by atoms with E-state index in [4.69, 9.17) is 5.11 Å². The number of imidazole rings is 1. The summed E-state index contributed by atoms with van der Waals surface area (Å²) in [5, 5.41) is 11.6. The number of H-pyrrole nitrogens is 1. The van der Waals surface area contributed by atoms with E-state index in [1.807, 2.05) is 12.1 Å². The zero-order valence-corrected chi connectivity index (χ0v) is 11.8. The van der Waals surface area contributed by atoms with Crippen molar-refractivity contribution >= 4 is 17.6 Å². The first kappa shape index (κ1) is 14.8. The number of carboxylic acids is 1. The minimum atomic E-state index is -0.979. The number of benzene rings is 1. The molecular formula is C15H17N3O3. The summed E-state index contributed by atoms with van der Waals surface area (Å²) in [5.74, 6) is -2.62. The first-order chi connectivity index (χ1) is 9.99. The molecule has 0 spiro atoms. The summed E-state index contributed by atoms with van der Waals surface area (Å²) < 4.78 is 0. The molecule has 0 aliphatic rings. The number of carbonyl (C=O) groups is 2. The average Bonchev–Trinajstić information content (AvgIpc) is 3.00. The number of nitrogens with one attached hydrogen (secondary N) is 2. The Bertz CT molecular complexity index is 620. The van der Waals surface area contributed by atoms with E-state index < -0.39 is 17.8 Å². The summed E-state index contributed by atoms with van der Waals surface area (Å²) in [6.07, 6.45) is 3.31. The average molecular weight is 287 g/mol. The van der Waals surface area contributed by atoms with Gasteiger partial charge in [0, 0.05) is 11.6 Å². The molecule has 110 valence electrons. The van der Waals surface area contributed by atoms with Gasteiger partial charge in [0.05, 0.1) is 24.1 Å². The Balaban J connectivity index is 2.03. The van der Waals surface area contributed by atoms with Crippen molar-refractivity contribution in [1.82, 2.24) is 9.97 Å². The molecular weight excluding hydrogens is 270 g/mol. The SMILES string of the molecule is CC(C(=O)O)C(C)C(=O)Nc1ccc(-c2cnc[nH]2)cc1. The summed E-state index contributed by atoms with van der Waals surface area (Å²) in [6.45, 7) is 3.13. The molecule has 1 amide bonds. The fraction of sp³-hybridized carbons (Fsp3) is 0.267. The van der Waals surface area contributed by atoms with Crippen molar-refractivity contribution in [2.45, 2.75) is 13.8 Å². The van der Waals surface area contributed by atoms with Crippen LogP contribution in [0.4, 0.5) is 5.69 Å². The van der Waals surface area contributed by atoms with E-state index in [-0.39, 0.29) is 5.91 Å². The minimum absolute atomic E-state index is 0.306. The number of carboxylic acid groups (broad SMARTS) is 1. The lowest BCUT2D eigenvalue weighted by molar-refractivity contribution is -0.145. The quantitative estimate of drug-likeness (QED) is 0.786. The van der Waals surface area contributed by atoms with Crippen LogP contribution in [0.15, 0.2) is 36.8 Å². The molecule has 0 aliphatic carbocycles. The van der Waals surface area contributed by atoms with Crippen LogP contribution < -0.4 is 5.32 Å². The molecule has 2 unspecified atom stereocenters. The van der Waals surface area contributed by atoms with Crippen LogP contribution in [0.25, 0.3) is 11.3 Å². The Kier molecular flexibility index (Phi) is 4.37. The Morgan fingerprint density at radius 2 is 1.86 bits per heavy atom. The third-order valence-corrected chi connectivity index (χ3v) is 3.51. The third kappa shape index (κ3) is 3.47. The smallest absolute Gasteiger partial charge is 0.307 e. The molecule has 6 nitrogen and oxygen atoms in total. The van der Waals surface area contributed by atoms with Crippen LogP contribution in [0.3, 0.4) is 0 Å². The van der Waals surface area contributed by atoms with Gasteiger partial charge in [0.2, 0.25) is 5.91 Å². The predicted molar refractivity (Wildman–Crippen MR) is 78.6 cm³/mol. The monoisotopic (exact) mass is 287 g/mol. The van der Waals surface area contributed by atoms with Gasteiger partial charge in [-0.1, -0.05) is 26.0 Å². The van der Waals surface area contributed by atoms with Crippen LogP contribution in [0, 0.1) is 11.8 Å². The van der Waals surface area contributed by atoms with Gasteiger partial charge in [-0.2, -0.15) is 0 Å².